The number of anilines is 2. The van der Waals surface area contributed by atoms with E-state index in [1.165, 1.54) is 78.6 Å². The van der Waals surface area contributed by atoms with Gasteiger partial charge < -0.3 is 98.0 Å². The second kappa shape index (κ2) is 32.4. The molecule has 0 spiro atoms. The Labute approximate surface area is 568 Å². The summed E-state index contributed by atoms with van der Waals surface area (Å²) in [5.74, 6) is -1.39. The normalized spacial score (nSPS) is 24.9. The first kappa shape index (κ1) is 72.8. The van der Waals surface area contributed by atoms with Gasteiger partial charge in [-0.15, -0.1) is 0 Å². The first-order chi connectivity index (χ1) is 47.5. The molecule has 6 aliphatic heterocycles. The van der Waals surface area contributed by atoms with Crippen LogP contribution in [0.2, 0.25) is 0 Å². The van der Waals surface area contributed by atoms with Crippen LogP contribution in [0.5, 0.6) is 28.7 Å². The van der Waals surface area contributed by atoms with E-state index in [1.807, 2.05) is 0 Å². The summed E-state index contributed by atoms with van der Waals surface area (Å²) in [5.41, 5.74) is 11.2. The monoisotopic (exact) mass is 1380 g/mol. The summed E-state index contributed by atoms with van der Waals surface area (Å²) >= 11 is 0. The molecule has 4 aromatic rings. The van der Waals surface area contributed by atoms with E-state index in [-0.39, 0.29) is 153 Å². The molecule has 0 aromatic heterocycles. The third kappa shape index (κ3) is 16.2. The van der Waals surface area contributed by atoms with Crippen molar-refractivity contribution in [3.63, 3.8) is 0 Å². The third-order valence-corrected chi connectivity index (χ3v) is 17.9. The summed E-state index contributed by atoms with van der Waals surface area (Å²) in [5, 5.41) is 89.3. The van der Waals surface area contributed by atoms with Crippen LogP contribution >= 0.6 is 0 Å². The number of unbranched alkanes of at least 4 members (excludes halogenated alkanes) is 2. The molecule has 12 atom stereocenters. The summed E-state index contributed by atoms with van der Waals surface area (Å²) in [6.45, 7) is 8.92. The molecule has 6 aliphatic rings. The van der Waals surface area contributed by atoms with E-state index < -0.39 is 123 Å². The van der Waals surface area contributed by atoms with Gasteiger partial charge >= 0.3 is 12.2 Å². The molecule has 8 N–H and O–H groups in total. The summed E-state index contributed by atoms with van der Waals surface area (Å²) in [6.07, 6.45) is -15.4. The zero-order valence-electron chi connectivity index (χ0n) is 54.8. The fourth-order valence-corrected chi connectivity index (χ4v) is 12.5. The average Bonchev–Trinajstić information content (AvgIpc) is 1.62. The van der Waals surface area contributed by atoms with Crippen LogP contribution in [0.25, 0.3) is 10.4 Å². The minimum absolute atomic E-state index is 0.00113. The van der Waals surface area contributed by atoms with Crippen molar-refractivity contribution in [3.05, 3.63) is 134 Å². The zero-order valence-corrected chi connectivity index (χ0v) is 54.8. The number of ketones is 2. The molecule has 0 aliphatic carbocycles. The van der Waals surface area contributed by atoms with Gasteiger partial charge in [-0.1, -0.05) is 41.6 Å². The number of azide groups is 1. The Balaban J connectivity index is 0.809. The molecule has 4 amide bonds. The molecule has 4 aromatic carbocycles. The topological polar surface area (TPSA) is 418 Å². The molecule has 4 fully saturated rings. The molecule has 31 heteroatoms. The van der Waals surface area contributed by atoms with Crippen molar-refractivity contribution >= 4 is 46.9 Å². The molecule has 4 saturated heterocycles. The van der Waals surface area contributed by atoms with Gasteiger partial charge in [-0.25, -0.2) is 19.4 Å². The number of Topliss-reactive ketones (excluding diaryl/α,β-unsaturated/α-hetero) is 2. The number of aryl methyl sites for hydroxylation is 1. The van der Waals surface area contributed by atoms with Crippen LogP contribution < -0.4 is 33.5 Å². The van der Waals surface area contributed by atoms with E-state index in [9.17, 15) is 69.6 Å². The van der Waals surface area contributed by atoms with Gasteiger partial charge in [0.15, 0.2) is 35.5 Å². The highest BCUT2D eigenvalue weighted by Crippen LogP contribution is 2.44. The first-order valence-corrected chi connectivity index (χ1v) is 32.3. The SMILES string of the molecule is C=C1C[C@H]2C(O)N(C(=O)OCc3ccc(O[C@@H]4OC[C@@H](O)[C@H](O)[C@H]4O)c(C(=O)CCCN=[N+]=[N-])c3)c3cc(OCCCCCOc4cc5c(cc4OC)C(=O)N4CC(=C)C[C@H]4C(O)N5C(=O)OCc4ccc(O[C@@H]5OC[C@@H](O)[C@H](O)[C@H]5O)c(C(=O)CCCOC)c4)c(C)cc3C(=O)N2C1. The van der Waals surface area contributed by atoms with E-state index in [1.54, 1.807) is 13.0 Å². The molecule has 0 bridgehead atoms. The van der Waals surface area contributed by atoms with Crippen LogP contribution in [-0.2, 0) is 36.9 Å². The molecule has 10 rings (SSSR count). The van der Waals surface area contributed by atoms with Crippen molar-refractivity contribution in [2.45, 2.75) is 152 Å². The molecule has 532 valence electrons. The van der Waals surface area contributed by atoms with Crippen LogP contribution in [0.4, 0.5) is 21.0 Å². The quantitative estimate of drug-likeness (QED) is 0.0101. The van der Waals surface area contributed by atoms with Gasteiger partial charge in [0.1, 0.15) is 67.1 Å². The number of methoxy groups -OCH3 is 2. The lowest BCUT2D eigenvalue weighted by atomic mass is 10.0. The molecule has 2 unspecified atom stereocenters. The van der Waals surface area contributed by atoms with Crippen molar-refractivity contribution < 1.29 is 117 Å². The molecular formula is C68H81N7O24. The Morgan fingerprint density at radius 2 is 1.06 bits per heavy atom. The predicted octanol–water partition coefficient (Wildman–Crippen LogP) is 4.64. The number of ether oxygens (including phenoxy) is 10. The maximum absolute atomic E-state index is 14.5. The van der Waals surface area contributed by atoms with Crippen molar-refractivity contribution in [3.8, 4) is 28.7 Å². The van der Waals surface area contributed by atoms with Crippen molar-refractivity contribution in [2.24, 2.45) is 5.11 Å². The molecule has 99 heavy (non-hydrogen) atoms. The molecular weight excluding hydrogens is 1300 g/mol. The smallest absolute Gasteiger partial charge is 0.416 e. The zero-order chi connectivity index (χ0) is 70.9. The highest BCUT2D eigenvalue weighted by molar-refractivity contribution is 6.07. The standard InChI is InChI=1S/C68H81N7O24/c1-35-21-46-63(86)74(67(88)96-31-38-13-15-52(42(24-38)48(76)11-9-17-70-71-69)98-65-59(82)57(80)50(78)33-94-65)44-27-54(37(3)23-40(44)61(84)72(46)29-35)92-19-7-6-8-20-93-56-28-45-41(26-55(56)91-5)62(85)73-30-36(2)22-47(73)64(87)75(45)68(89)97-32-39-14-16-53(43(25-39)49(77)12-10-18-90-4)99-66-60(83)58(81)51(79)34-95-66/h13-16,23-28,46-47,50-51,57-60,63-66,78-83,86-87H,1-2,6-12,17-22,29-34H2,3-5H3/t46-,47-,50+,51+,57-,58-,59+,60+,63?,64?,65-,66-/m0/s1. The summed E-state index contributed by atoms with van der Waals surface area (Å²) in [7, 11) is 2.87. The number of hydrogen-bond acceptors (Lipinski definition) is 25. The number of nitrogens with zero attached hydrogens (tertiary/aromatic N) is 7. The second-order valence-electron chi connectivity index (χ2n) is 24.9. The van der Waals surface area contributed by atoms with Crippen LogP contribution in [0.15, 0.2) is 90.1 Å². The summed E-state index contributed by atoms with van der Waals surface area (Å²) < 4.78 is 57.6. The first-order valence-electron chi connectivity index (χ1n) is 32.3. The second-order valence-corrected chi connectivity index (χ2v) is 24.9. The third-order valence-electron chi connectivity index (χ3n) is 17.9. The number of benzene rings is 4. The predicted molar refractivity (Wildman–Crippen MR) is 346 cm³/mol. The number of amides is 4. The van der Waals surface area contributed by atoms with Crippen LogP contribution in [0.1, 0.15) is 116 Å². The maximum atomic E-state index is 14.5. The number of carbonyl (C=O) groups excluding carboxylic acids is 6. The van der Waals surface area contributed by atoms with Crippen LogP contribution in [0.3, 0.4) is 0 Å². The average molecular weight is 1380 g/mol. The highest BCUT2D eigenvalue weighted by atomic mass is 16.7. The van der Waals surface area contributed by atoms with Gasteiger partial charge in [0, 0.05) is 63.2 Å². The van der Waals surface area contributed by atoms with Crippen LogP contribution in [-0.4, -0.2) is 227 Å². The van der Waals surface area contributed by atoms with E-state index in [0.29, 0.717) is 48.0 Å². The lowest BCUT2D eigenvalue weighted by molar-refractivity contribution is -0.242. The number of rotatable bonds is 27. The van der Waals surface area contributed by atoms with E-state index in [4.69, 9.17) is 52.9 Å². The molecule has 0 saturated carbocycles. The Morgan fingerprint density at radius 3 is 1.55 bits per heavy atom. The number of hydrogen-bond donors (Lipinski definition) is 8. The fraction of sp³-hybridized carbons (Fsp3) is 0.500. The number of fused-ring (bicyclic) bond motifs is 4. The summed E-state index contributed by atoms with van der Waals surface area (Å²) in [6, 6.07) is 12.6. The number of aliphatic hydroxyl groups is 8. The lowest BCUT2D eigenvalue weighted by Crippen LogP contribution is -2.54. The van der Waals surface area contributed by atoms with E-state index in [2.05, 4.69) is 23.2 Å². The largest absolute Gasteiger partial charge is 0.493 e. The van der Waals surface area contributed by atoms with E-state index >= 15 is 0 Å². The molecule has 31 nitrogen and oxygen atoms in total. The van der Waals surface area contributed by atoms with Gasteiger partial charge in [-0.3, -0.25) is 19.2 Å². The minimum atomic E-state index is -1.69. The van der Waals surface area contributed by atoms with Gasteiger partial charge in [0.25, 0.3) is 11.8 Å². The Kier molecular flexibility index (Phi) is 23.8. The van der Waals surface area contributed by atoms with E-state index in [0.717, 1.165) is 9.80 Å². The van der Waals surface area contributed by atoms with Gasteiger partial charge in [-0.05, 0) is 110 Å². The van der Waals surface area contributed by atoms with Crippen LogP contribution in [0, 0.1) is 6.92 Å². The number of carbonyl (C=O) groups is 6. The minimum Gasteiger partial charge on any atom is -0.493 e. The fourth-order valence-electron chi connectivity index (χ4n) is 12.5. The van der Waals surface area contributed by atoms with Crippen molar-refractivity contribution in [2.75, 3.05) is 76.7 Å². The van der Waals surface area contributed by atoms with Gasteiger partial charge in [0.2, 0.25) is 12.6 Å². The lowest BCUT2D eigenvalue weighted by Gasteiger charge is -2.35. The maximum Gasteiger partial charge on any atom is 0.416 e. The Hall–Kier alpha value is -8.95. The number of aliphatic hydroxyl groups excluding tert-OH is 8. The highest BCUT2D eigenvalue weighted by Gasteiger charge is 2.49. The van der Waals surface area contributed by atoms with Crippen molar-refractivity contribution in [1.29, 1.82) is 0 Å². The van der Waals surface area contributed by atoms with Gasteiger partial charge in [-0.2, -0.15) is 0 Å². The van der Waals surface area contributed by atoms with Crippen molar-refractivity contribution in [1.82, 2.24) is 9.80 Å². The Morgan fingerprint density at radius 1 is 0.586 bits per heavy atom. The molecule has 0 radical (unpaired) electrons. The van der Waals surface area contributed by atoms with Gasteiger partial charge in [0.05, 0.1) is 79.2 Å². The molecule has 6 heterocycles. The Bertz CT molecular complexity index is 3750. The summed E-state index contributed by atoms with van der Waals surface area (Å²) in [4.78, 5) is 92.4.